The average Bonchev–Trinajstić information content (AvgIpc) is 2.20. The van der Waals surface area contributed by atoms with E-state index in [1.807, 2.05) is 0 Å². The molecule has 0 fully saturated rings. The average molecular weight is 221 g/mol. The summed E-state index contributed by atoms with van der Waals surface area (Å²) in [5.74, 6) is -8.21. The van der Waals surface area contributed by atoms with Crippen LogP contribution in [0.15, 0.2) is 6.07 Å². The van der Waals surface area contributed by atoms with E-state index in [4.69, 9.17) is 0 Å². The zero-order chi connectivity index (χ0) is 11.6. The number of rotatable bonds is 2. The van der Waals surface area contributed by atoms with Crippen LogP contribution in [0.25, 0.3) is 0 Å². The minimum atomic E-state index is -1.99. The monoisotopic (exact) mass is 221 g/mol. The molecule has 1 aromatic rings. The van der Waals surface area contributed by atoms with Gasteiger partial charge in [-0.05, 0) is 13.0 Å². The molecule has 0 saturated heterocycles. The molecule has 0 aromatic heterocycles. The first-order valence-corrected chi connectivity index (χ1v) is 4.10. The number of carbonyl (C=O) groups is 1. The molecule has 0 radical (unpaired) electrons. The molecular weight excluding hydrogens is 214 g/mol. The third kappa shape index (κ3) is 2.08. The highest BCUT2D eigenvalue weighted by Gasteiger charge is 2.22. The lowest BCUT2D eigenvalue weighted by Gasteiger charge is -2.05. The highest BCUT2D eigenvalue weighted by Crippen LogP contribution is 2.18. The molecule has 0 aliphatic carbocycles. The second-order valence-corrected chi connectivity index (χ2v) is 2.71. The fourth-order valence-corrected chi connectivity index (χ4v) is 0.994. The fourth-order valence-electron chi connectivity index (χ4n) is 0.994. The first-order valence-electron chi connectivity index (χ1n) is 4.10. The lowest BCUT2D eigenvalue weighted by molar-refractivity contribution is 0.0949. The van der Waals surface area contributed by atoms with Crippen LogP contribution in [0.2, 0.25) is 0 Å². The van der Waals surface area contributed by atoms with E-state index in [9.17, 15) is 22.4 Å². The normalized spacial score (nSPS) is 10.2. The fraction of sp³-hybridized carbons (Fsp3) is 0.222. The molecule has 0 aliphatic rings. The quantitative estimate of drug-likeness (QED) is 0.462. The number of hydrogen-bond acceptors (Lipinski definition) is 1. The SMILES string of the molecule is CCNC(=O)c1cc(F)c(F)c(F)c1F. The molecule has 82 valence electrons. The van der Waals surface area contributed by atoms with Crippen molar-refractivity contribution in [3.8, 4) is 0 Å². The summed E-state index contributed by atoms with van der Waals surface area (Å²) in [4.78, 5) is 11.1. The first kappa shape index (κ1) is 11.5. The molecule has 1 rings (SSSR count). The van der Waals surface area contributed by atoms with Crippen LogP contribution in [0.5, 0.6) is 0 Å². The lowest BCUT2D eigenvalue weighted by Crippen LogP contribution is -2.24. The highest BCUT2D eigenvalue weighted by atomic mass is 19.2. The van der Waals surface area contributed by atoms with E-state index in [0.29, 0.717) is 6.07 Å². The van der Waals surface area contributed by atoms with Gasteiger partial charge in [-0.15, -0.1) is 0 Å². The van der Waals surface area contributed by atoms with Crippen molar-refractivity contribution in [3.05, 3.63) is 34.9 Å². The minimum Gasteiger partial charge on any atom is -0.352 e. The van der Waals surface area contributed by atoms with Crippen molar-refractivity contribution in [1.29, 1.82) is 0 Å². The summed E-state index contributed by atoms with van der Waals surface area (Å²) in [7, 11) is 0. The van der Waals surface area contributed by atoms with E-state index in [0.717, 1.165) is 0 Å². The summed E-state index contributed by atoms with van der Waals surface area (Å²) in [6, 6.07) is 0.318. The van der Waals surface area contributed by atoms with Crippen molar-refractivity contribution in [2.24, 2.45) is 0 Å². The molecule has 0 bridgehead atoms. The van der Waals surface area contributed by atoms with E-state index in [1.54, 1.807) is 6.92 Å². The third-order valence-corrected chi connectivity index (χ3v) is 1.68. The smallest absolute Gasteiger partial charge is 0.254 e. The molecule has 0 unspecified atom stereocenters. The largest absolute Gasteiger partial charge is 0.352 e. The van der Waals surface area contributed by atoms with Gasteiger partial charge in [0.1, 0.15) is 0 Å². The molecular formula is C9H7F4NO. The van der Waals surface area contributed by atoms with Crippen LogP contribution in [-0.4, -0.2) is 12.5 Å². The van der Waals surface area contributed by atoms with E-state index < -0.39 is 34.7 Å². The molecule has 0 aliphatic heterocycles. The summed E-state index contributed by atoms with van der Waals surface area (Å²) in [6.45, 7) is 1.71. The summed E-state index contributed by atoms with van der Waals surface area (Å²) in [6.07, 6.45) is 0. The standard InChI is InChI=1S/C9H7F4NO/c1-2-14-9(15)4-3-5(10)7(12)8(13)6(4)11/h3H,2H2,1H3,(H,14,15). The van der Waals surface area contributed by atoms with E-state index in [-0.39, 0.29) is 6.54 Å². The van der Waals surface area contributed by atoms with Crippen molar-refractivity contribution in [2.75, 3.05) is 6.54 Å². The Morgan fingerprint density at radius 1 is 1.20 bits per heavy atom. The Labute approximate surface area is 82.9 Å². The highest BCUT2D eigenvalue weighted by molar-refractivity contribution is 5.94. The summed E-state index contributed by atoms with van der Waals surface area (Å²) >= 11 is 0. The topological polar surface area (TPSA) is 29.1 Å². The van der Waals surface area contributed by atoms with E-state index >= 15 is 0 Å². The molecule has 1 amide bonds. The summed E-state index contributed by atoms with van der Waals surface area (Å²) in [5.41, 5.74) is -0.853. The molecule has 1 N–H and O–H groups in total. The molecule has 15 heavy (non-hydrogen) atoms. The number of halogens is 4. The molecule has 0 heterocycles. The van der Waals surface area contributed by atoms with Crippen molar-refractivity contribution in [3.63, 3.8) is 0 Å². The molecule has 0 saturated carbocycles. The maximum atomic E-state index is 13.0. The van der Waals surface area contributed by atoms with Crippen LogP contribution in [0, 0.1) is 23.3 Å². The zero-order valence-electron chi connectivity index (χ0n) is 7.70. The van der Waals surface area contributed by atoms with Crippen LogP contribution in [-0.2, 0) is 0 Å². The van der Waals surface area contributed by atoms with Gasteiger partial charge in [-0.3, -0.25) is 4.79 Å². The van der Waals surface area contributed by atoms with Crippen molar-refractivity contribution < 1.29 is 22.4 Å². The van der Waals surface area contributed by atoms with Gasteiger partial charge in [0.15, 0.2) is 23.3 Å². The van der Waals surface area contributed by atoms with E-state index in [1.165, 1.54) is 0 Å². The second kappa shape index (κ2) is 4.29. The Balaban J connectivity index is 3.26. The zero-order valence-corrected chi connectivity index (χ0v) is 7.70. The van der Waals surface area contributed by atoms with Gasteiger partial charge in [0.05, 0.1) is 5.56 Å². The van der Waals surface area contributed by atoms with Crippen molar-refractivity contribution in [1.82, 2.24) is 5.32 Å². The molecule has 2 nitrogen and oxygen atoms in total. The second-order valence-electron chi connectivity index (χ2n) is 2.71. The molecule has 0 spiro atoms. The molecule has 6 heteroatoms. The predicted molar refractivity (Wildman–Crippen MR) is 44.3 cm³/mol. The predicted octanol–water partition coefficient (Wildman–Crippen LogP) is 1.99. The Morgan fingerprint density at radius 2 is 1.80 bits per heavy atom. The first-order chi connectivity index (χ1) is 6.99. The third-order valence-electron chi connectivity index (χ3n) is 1.68. The number of hydrogen-bond donors (Lipinski definition) is 1. The summed E-state index contributed by atoms with van der Waals surface area (Å²) in [5, 5.41) is 2.14. The van der Waals surface area contributed by atoms with Gasteiger partial charge in [0.2, 0.25) is 0 Å². The maximum Gasteiger partial charge on any atom is 0.254 e. The Morgan fingerprint density at radius 3 is 2.33 bits per heavy atom. The van der Waals surface area contributed by atoms with Gasteiger partial charge in [-0.2, -0.15) is 0 Å². The van der Waals surface area contributed by atoms with Gasteiger partial charge in [0, 0.05) is 6.54 Å². The van der Waals surface area contributed by atoms with Crippen molar-refractivity contribution in [2.45, 2.75) is 6.92 Å². The Hall–Kier alpha value is -1.59. The van der Waals surface area contributed by atoms with Crippen LogP contribution in [0.1, 0.15) is 17.3 Å². The number of amides is 1. The van der Waals surface area contributed by atoms with Gasteiger partial charge in [0.25, 0.3) is 5.91 Å². The maximum absolute atomic E-state index is 13.0. The van der Waals surface area contributed by atoms with Gasteiger partial charge in [-0.25, -0.2) is 17.6 Å². The molecule has 1 aromatic carbocycles. The summed E-state index contributed by atoms with van der Waals surface area (Å²) < 4.78 is 50.8. The lowest BCUT2D eigenvalue weighted by atomic mass is 10.1. The van der Waals surface area contributed by atoms with Crippen LogP contribution in [0.4, 0.5) is 17.6 Å². The Bertz CT molecular complexity index is 406. The van der Waals surface area contributed by atoms with Gasteiger partial charge < -0.3 is 5.32 Å². The number of nitrogens with one attached hydrogen (secondary N) is 1. The van der Waals surface area contributed by atoms with Crippen LogP contribution in [0.3, 0.4) is 0 Å². The molecule has 0 atom stereocenters. The van der Waals surface area contributed by atoms with Crippen LogP contribution < -0.4 is 5.32 Å². The van der Waals surface area contributed by atoms with Gasteiger partial charge >= 0.3 is 0 Å². The Kier molecular flexibility index (Phi) is 3.28. The van der Waals surface area contributed by atoms with Crippen LogP contribution >= 0.6 is 0 Å². The van der Waals surface area contributed by atoms with E-state index in [2.05, 4.69) is 5.32 Å². The number of benzene rings is 1. The minimum absolute atomic E-state index is 0.166. The number of carbonyl (C=O) groups excluding carboxylic acids is 1. The van der Waals surface area contributed by atoms with Gasteiger partial charge in [-0.1, -0.05) is 0 Å². The van der Waals surface area contributed by atoms with Crippen molar-refractivity contribution >= 4 is 5.91 Å².